The first kappa shape index (κ1) is 17.1. The molecular formula is C17H11Cl2F3O2. The molecule has 0 radical (unpaired) electrons. The van der Waals surface area contributed by atoms with Crippen LogP contribution in [0.5, 0.6) is 5.75 Å². The molecule has 126 valence electrons. The van der Waals surface area contributed by atoms with Gasteiger partial charge in [-0.2, -0.15) is 13.2 Å². The van der Waals surface area contributed by atoms with Crippen LogP contribution in [0.2, 0.25) is 10.0 Å². The zero-order valence-corrected chi connectivity index (χ0v) is 13.7. The standard InChI is InChI=1S/C17H11Cl2F3O2/c18-13-6-12(7-14(19)8-13)16(17(20,21)22)9-11-5-10(3-4-23)1-2-15(11)24-16/h1-2,4-8H,3,9H2. The molecule has 1 atom stereocenters. The molecule has 0 saturated carbocycles. The molecule has 0 fully saturated rings. The van der Waals surface area contributed by atoms with E-state index in [2.05, 4.69) is 0 Å². The Labute approximate surface area is 146 Å². The number of aldehydes is 1. The molecule has 1 aliphatic heterocycles. The largest absolute Gasteiger partial charge is 0.472 e. The van der Waals surface area contributed by atoms with Gasteiger partial charge in [-0.1, -0.05) is 35.3 Å². The fraction of sp³-hybridized carbons (Fsp3) is 0.235. The number of rotatable bonds is 3. The van der Waals surface area contributed by atoms with Gasteiger partial charge in [-0.05, 0) is 35.4 Å². The maximum Gasteiger partial charge on any atom is 0.432 e. The highest BCUT2D eigenvalue weighted by Crippen LogP contribution is 2.51. The summed E-state index contributed by atoms with van der Waals surface area (Å²) in [5.74, 6) is 0.137. The molecule has 1 heterocycles. The first-order chi connectivity index (χ1) is 11.2. The summed E-state index contributed by atoms with van der Waals surface area (Å²) in [5, 5.41) is 0.199. The van der Waals surface area contributed by atoms with Crippen molar-refractivity contribution in [2.75, 3.05) is 0 Å². The third kappa shape index (κ3) is 2.87. The number of benzene rings is 2. The zero-order valence-electron chi connectivity index (χ0n) is 12.2. The summed E-state index contributed by atoms with van der Waals surface area (Å²) in [5.41, 5.74) is -1.68. The molecule has 7 heteroatoms. The molecule has 24 heavy (non-hydrogen) atoms. The normalized spacial score (nSPS) is 19.7. The third-order valence-electron chi connectivity index (χ3n) is 3.95. The fourth-order valence-corrected chi connectivity index (χ4v) is 3.38. The Balaban J connectivity index is 2.11. The van der Waals surface area contributed by atoms with Gasteiger partial charge in [-0.15, -0.1) is 0 Å². The van der Waals surface area contributed by atoms with Crippen LogP contribution in [0.15, 0.2) is 36.4 Å². The predicted molar refractivity (Wildman–Crippen MR) is 84.7 cm³/mol. The number of alkyl halides is 3. The Bertz CT molecular complexity index is 785. The van der Waals surface area contributed by atoms with E-state index < -0.39 is 18.2 Å². The van der Waals surface area contributed by atoms with Crippen molar-refractivity contribution in [1.82, 2.24) is 0 Å². The minimum absolute atomic E-state index is 0.0994. The van der Waals surface area contributed by atoms with Crippen LogP contribution in [0.4, 0.5) is 13.2 Å². The third-order valence-corrected chi connectivity index (χ3v) is 4.39. The van der Waals surface area contributed by atoms with E-state index in [4.69, 9.17) is 27.9 Å². The summed E-state index contributed by atoms with van der Waals surface area (Å²) in [6, 6.07) is 8.36. The summed E-state index contributed by atoms with van der Waals surface area (Å²) >= 11 is 11.7. The summed E-state index contributed by atoms with van der Waals surface area (Å²) < 4.78 is 47.1. The Morgan fingerprint density at radius 3 is 2.38 bits per heavy atom. The van der Waals surface area contributed by atoms with Crippen molar-refractivity contribution in [2.24, 2.45) is 0 Å². The van der Waals surface area contributed by atoms with Gasteiger partial charge in [0.1, 0.15) is 12.0 Å². The smallest absolute Gasteiger partial charge is 0.432 e. The van der Waals surface area contributed by atoms with Gasteiger partial charge in [-0.3, -0.25) is 0 Å². The van der Waals surface area contributed by atoms with Gasteiger partial charge in [0.05, 0.1) is 0 Å². The van der Waals surface area contributed by atoms with E-state index in [-0.39, 0.29) is 27.8 Å². The van der Waals surface area contributed by atoms with E-state index in [0.717, 1.165) is 0 Å². The van der Waals surface area contributed by atoms with E-state index in [0.29, 0.717) is 17.4 Å². The second kappa shape index (κ2) is 5.97. The second-order valence-corrected chi connectivity index (χ2v) is 6.45. The molecule has 0 spiro atoms. The summed E-state index contributed by atoms with van der Waals surface area (Å²) in [7, 11) is 0. The average molecular weight is 375 g/mol. The molecule has 0 aromatic heterocycles. The van der Waals surface area contributed by atoms with Crippen molar-refractivity contribution < 1.29 is 22.7 Å². The van der Waals surface area contributed by atoms with Crippen molar-refractivity contribution in [2.45, 2.75) is 24.6 Å². The summed E-state index contributed by atoms with van der Waals surface area (Å²) in [6.45, 7) is 0. The minimum atomic E-state index is -4.68. The highest BCUT2D eigenvalue weighted by Gasteiger charge is 2.61. The molecule has 0 N–H and O–H groups in total. The van der Waals surface area contributed by atoms with Crippen LogP contribution in [0, 0.1) is 0 Å². The summed E-state index contributed by atoms with van der Waals surface area (Å²) in [4.78, 5) is 10.6. The van der Waals surface area contributed by atoms with E-state index in [1.165, 1.54) is 24.3 Å². The highest BCUT2D eigenvalue weighted by atomic mass is 35.5. The number of fused-ring (bicyclic) bond motifs is 1. The molecular weight excluding hydrogens is 364 g/mol. The van der Waals surface area contributed by atoms with Crippen molar-refractivity contribution in [3.63, 3.8) is 0 Å². The van der Waals surface area contributed by atoms with Crippen LogP contribution < -0.4 is 4.74 Å². The first-order valence-corrected chi connectivity index (χ1v) is 7.78. The van der Waals surface area contributed by atoms with Gasteiger partial charge in [0.15, 0.2) is 0 Å². The highest BCUT2D eigenvalue weighted by molar-refractivity contribution is 6.34. The maximum atomic E-state index is 13.9. The van der Waals surface area contributed by atoms with E-state index >= 15 is 0 Å². The molecule has 2 aromatic rings. The van der Waals surface area contributed by atoms with Crippen LogP contribution in [-0.2, 0) is 23.2 Å². The van der Waals surface area contributed by atoms with Crippen LogP contribution in [0.25, 0.3) is 0 Å². The Morgan fingerprint density at radius 2 is 1.79 bits per heavy atom. The van der Waals surface area contributed by atoms with Crippen molar-refractivity contribution in [3.8, 4) is 5.75 Å². The van der Waals surface area contributed by atoms with Gasteiger partial charge in [0.2, 0.25) is 5.60 Å². The number of carbonyl (C=O) groups is 1. The second-order valence-electron chi connectivity index (χ2n) is 5.57. The van der Waals surface area contributed by atoms with Crippen LogP contribution in [0.1, 0.15) is 16.7 Å². The molecule has 0 bridgehead atoms. The molecule has 2 aromatic carbocycles. The van der Waals surface area contributed by atoms with Crippen LogP contribution in [-0.4, -0.2) is 12.5 Å². The van der Waals surface area contributed by atoms with E-state index in [1.807, 2.05) is 0 Å². The van der Waals surface area contributed by atoms with Crippen LogP contribution in [0.3, 0.4) is 0 Å². The predicted octanol–water partition coefficient (Wildman–Crippen LogP) is 5.13. The lowest BCUT2D eigenvalue weighted by Crippen LogP contribution is -2.46. The number of hydrogen-bond acceptors (Lipinski definition) is 2. The number of halogens is 5. The quantitative estimate of drug-likeness (QED) is 0.696. The number of carbonyl (C=O) groups excluding carboxylic acids is 1. The lowest BCUT2D eigenvalue weighted by molar-refractivity contribution is -0.248. The fourth-order valence-electron chi connectivity index (χ4n) is 2.86. The van der Waals surface area contributed by atoms with Crippen LogP contribution >= 0.6 is 23.2 Å². The Hall–Kier alpha value is -1.72. The van der Waals surface area contributed by atoms with E-state index in [1.54, 1.807) is 12.1 Å². The molecule has 2 nitrogen and oxygen atoms in total. The van der Waals surface area contributed by atoms with Crippen molar-refractivity contribution in [3.05, 3.63) is 63.1 Å². The molecule has 1 unspecified atom stereocenters. The first-order valence-electron chi connectivity index (χ1n) is 7.03. The zero-order chi connectivity index (χ0) is 17.5. The maximum absolute atomic E-state index is 13.9. The lowest BCUT2D eigenvalue weighted by atomic mass is 9.88. The summed E-state index contributed by atoms with van der Waals surface area (Å²) in [6.07, 6.45) is -4.25. The SMILES string of the molecule is O=CCc1ccc2c(c1)CC(c1cc(Cl)cc(Cl)c1)(C(F)(F)F)O2. The molecule has 0 amide bonds. The Kier molecular flexibility index (Phi) is 4.26. The van der Waals surface area contributed by atoms with Gasteiger partial charge >= 0.3 is 6.18 Å². The van der Waals surface area contributed by atoms with Crippen molar-refractivity contribution >= 4 is 29.5 Å². The molecule has 1 aliphatic rings. The minimum Gasteiger partial charge on any atom is -0.472 e. The number of hydrogen-bond donors (Lipinski definition) is 0. The van der Waals surface area contributed by atoms with Gasteiger partial charge in [0.25, 0.3) is 0 Å². The topological polar surface area (TPSA) is 26.3 Å². The average Bonchev–Trinajstić information content (AvgIpc) is 2.86. The van der Waals surface area contributed by atoms with Gasteiger partial charge in [-0.25, -0.2) is 0 Å². The number of ether oxygens (including phenoxy) is 1. The van der Waals surface area contributed by atoms with Gasteiger partial charge in [0, 0.05) is 28.5 Å². The molecule has 0 aliphatic carbocycles. The monoisotopic (exact) mass is 374 g/mol. The van der Waals surface area contributed by atoms with Crippen molar-refractivity contribution in [1.29, 1.82) is 0 Å². The molecule has 0 saturated heterocycles. The lowest BCUT2D eigenvalue weighted by Gasteiger charge is -2.31. The molecule has 3 rings (SSSR count). The van der Waals surface area contributed by atoms with E-state index in [9.17, 15) is 18.0 Å². The van der Waals surface area contributed by atoms with Gasteiger partial charge < -0.3 is 9.53 Å². The Morgan fingerprint density at radius 1 is 1.12 bits per heavy atom.